The van der Waals surface area contributed by atoms with Gasteiger partial charge in [0.2, 0.25) is 0 Å². The Morgan fingerprint density at radius 1 is 1.12 bits per heavy atom. The van der Waals surface area contributed by atoms with E-state index in [1.807, 2.05) is 0 Å². The quantitative estimate of drug-likeness (QED) is 0.655. The minimum absolute atomic E-state index is 0.109. The molecule has 0 unspecified atom stereocenters. The monoisotopic (exact) mass is 248 g/mol. The van der Waals surface area contributed by atoms with Crippen molar-refractivity contribution in [3.05, 3.63) is 34.3 Å². The molecule has 1 aliphatic rings. The highest BCUT2D eigenvalue weighted by Crippen LogP contribution is 2.42. The first kappa shape index (κ1) is 11.8. The van der Waals surface area contributed by atoms with E-state index in [4.69, 9.17) is 11.6 Å². The Morgan fingerprint density at radius 3 is 2.31 bits per heavy atom. The van der Waals surface area contributed by atoms with E-state index in [2.05, 4.69) is 0 Å². The number of hydrogen-bond donors (Lipinski definition) is 0. The lowest BCUT2D eigenvalue weighted by Crippen LogP contribution is -2.08. The molecule has 0 aromatic heterocycles. The van der Waals surface area contributed by atoms with E-state index in [0.717, 1.165) is 31.7 Å². The predicted octanol–water partition coefficient (Wildman–Crippen LogP) is 5.02. The molecule has 1 saturated carbocycles. The molecule has 0 spiro atoms. The molecule has 1 fully saturated rings. The Labute approximate surface area is 97.4 Å². The summed E-state index contributed by atoms with van der Waals surface area (Å²) in [4.78, 5) is 0. The fraction of sp³-hybridized carbons (Fsp3) is 0.500. The van der Waals surface area contributed by atoms with Crippen molar-refractivity contribution in [3.8, 4) is 0 Å². The molecule has 0 aliphatic heterocycles. The van der Waals surface area contributed by atoms with Crippen molar-refractivity contribution in [2.75, 3.05) is 0 Å². The maximum Gasteiger partial charge on any atom is 0.417 e. The van der Waals surface area contributed by atoms with Gasteiger partial charge in [0.15, 0.2) is 0 Å². The third kappa shape index (κ3) is 2.19. The smallest absolute Gasteiger partial charge is 0.166 e. The SMILES string of the molecule is FC(F)(F)c1cccc(C2CCCC2)c1Cl. The van der Waals surface area contributed by atoms with E-state index < -0.39 is 11.7 Å². The maximum atomic E-state index is 12.6. The highest BCUT2D eigenvalue weighted by Gasteiger charge is 2.34. The molecule has 0 bridgehead atoms. The summed E-state index contributed by atoms with van der Waals surface area (Å²) in [6, 6.07) is 4.21. The number of hydrogen-bond acceptors (Lipinski definition) is 0. The van der Waals surface area contributed by atoms with Gasteiger partial charge in [-0.25, -0.2) is 0 Å². The lowest BCUT2D eigenvalue weighted by atomic mass is 9.95. The topological polar surface area (TPSA) is 0 Å². The van der Waals surface area contributed by atoms with Crippen molar-refractivity contribution in [1.29, 1.82) is 0 Å². The van der Waals surface area contributed by atoms with E-state index in [-0.39, 0.29) is 10.9 Å². The first-order valence-corrected chi connectivity index (χ1v) is 5.73. The molecule has 4 heteroatoms. The number of alkyl halides is 3. The summed E-state index contributed by atoms with van der Waals surface area (Å²) in [6.07, 6.45) is -0.303. The average molecular weight is 249 g/mol. The van der Waals surface area contributed by atoms with Crippen LogP contribution in [0.2, 0.25) is 5.02 Å². The van der Waals surface area contributed by atoms with Gasteiger partial charge in [-0.15, -0.1) is 0 Å². The molecule has 0 saturated heterocycles. The van der Waals surface area contributed by atoms with Crippen molar-refractivity contribution < 1.29 is 13.2 Å². The van der Waals surface area contributed by atoms with Gasteiger partial charge in [0.1, 0.15) is 0 Å². The van der Waals surface area contributed by atoms with Gasteiger partial charge in [0.25, 0.3) is 0 Å². The standard InChI is InChI=1S/C12H12ClF3/c13-11-9(8-4-1-2-5-8)6-3-7-10(11)12(14,15)16/h3,6-8H,1-2,4-5H2. The number of rotatable bonds is 1. The fourth-order valence-electron chi connectivity index (χ4n) is 2.32. The van der Waals surface area contributed by atoms with Gasteiger partial charge >= 0.3 is 6.18 Å². The summed E-state index contributed by atoms with van der Waals surface area (Å²) >= 11 is 5.85. The van der Waals surface area contributed by atoms with Crippen molar-refractivity contribution in [3.63, 3.8) is 0 Å². The average Bonchev–Trinajstić information content (AvgIpc) is 2.69. The van der Waals surface area contributed by atoms with Gasteiger partial charge in [-0.3, -0.25) is 0 Å². The van der Waals surface area contributed by atoms with Crippen LogP contribution in [0.15, 0.2) is 18.2 Å². The fourth-order valence-corrected chi connectivity index (χ4v) is 2.71. The van der Waals surface area contributed by atoms with Crippen molar-refractivity contribution in [1.82, 2.24) is 0 Å². The predicted molar refractivity (Wildman–Crippen MR) is 57.7 cm³/mol. The molecule has 0 atom stereocenters. The lowest BCUT2D eigenvalue weighted by Gasteiger charge is -2.16. The zero-order chi connectivity index (χ0) is 11.8. The Kier molecular flexibility index (Phi) is 3.15. The largest absolute Gasteiger partial charge is 0.417 e. The van der Waals surface area contributed by atoms with Gasteiger partial charge in [-0.05, 0) is 30.4 Å². The van der Waals surface area contributed by atoms with E-state index in [1.165, 1.54) is 6.07 Å². The third-order valence-corrected chi connectivity index (χ3v) is 3.55. The van der Waals surface area contributed by atoms with Crippen LogP contribution in [-0.2, 0) is 6.18 Å². The second-order valence-electron chi connectivity index (χ2n) is 4.19. The van der Waals surface area contributed by atoms with Gasteiger partial charge in [-0.2, -0.15) is 13.2 Å². The van der Waals surface area contributed by atoms with Crippen molar-refractivity contribution in [2.45, 2.75) is 37.8 Å². The van der Waals surface area contributed by atoms with Crippen LogP contribution in [0.25, 0.3) is 0 Å². The zero-order valence-corrected chi connectivity index (χ0v) is 9.41. The molecule has 0 radical (unpaired) electrons. The van der Waals surface area contributed by atoms with Crippen LogP contribution in [0, 0.1) is 0 Å². The van der Waals surface area contributed by atoms with E-state index in [0.29, 0.717) is 5.56 Å². The molecule has 1 aliphatic carbocycles. The van der Waals surface area contributed by atoms with Gasteiger partial charge in [0, 0.05) is 0 Å². The second kappa shape index (κ2) is 4.28. The Morgan fingerprint density at radius 2 is 1.75 bits per heavy atom. The zero-order valence-electron chi connectivity index (χ0n) is 8.65. The minimum atomic E-state index is -4.36. The summed E-state index contributed by atoms with van der Waals surface area (Å²) in [5.74, 6) is 0.204. The normalized spacial score (nSPS) is 18.0. The van der Waals surface area contributed by atoms with Gasteiger partial charge in [0.05, 0.1) is 10.6 Å². The van der Waals surface area contributed by atoms with Crippen LogP contribution < -0.4 is 0 Å². The van der Waals surface area contributed by atoms with Crippen LogP contribution >= 0.6 is 11.6 Å². The molecule has 0 nitrogen and oxygen atoms in total. The Balaban J connectivity index is 2.40. The summed E-state index contributed by atoms with van der Waals surface area (Å²) < 4.78 is 37.9. The van der Waals surface area contributed by atoms with Crippen molar-refractivity contribution in [2.24, 2.45) is 0 Å². The molecular formula is C12H12ClF3. The molecule has 0 N–H and O–H groups in total. The summed E-state index contributed by atoms with van der Waals surface area (Å²) in [6.45, 7) is 0. The van der Waals surface area contributed by atoms with Crippen LogP contribution in [0.5, 0.6) is 0 Å². The van der Waals surface area contributed by atoms with E-state index >= 15 is 0 Å². The summed E-state index contributed by atoms with van der Waals surface area (Å²) in [5.41, 5.74) is -0.0486. The third-order valence-electron chi connectivity index (χ3n) is 3.13. The molecule has 2 rings (SSSR count). The molecule has 88 valence electrons. The maximum absolute atomic E-state index is 12.6. The molecular weight excluding hydrogens is 237 g/mol. The molecule has 16 heavy (non-hydrogen) atoms. The van der Waals surface area contributed by atoms with E-state index in [9.17, 15) is 13.2 Å². The first-order chi connectivity index (χ1) is 7.50. The van der Waals surface area contributed by atoms with Gasteiger partial charge < -0.3 is 0 Å². The molecule has 0 heterocycles. The van der Waals surface area contributed by atoms with Gasteiger partial charge in [-0.1, -0.05) is 36.6 Å². The molecule has 1 aromatic rings. The Hall–Kier alpha value is -0.700. The first-order valence-electron chi connectivity index (χ1n) is 5.36. The van der Waals surface area contributed by atoms with Crippen LogP contribution in [0.3, 0.4) is 0 Å². The van der Waals surface area contributed by atoms with Crippen molar-refractivity contribution >= 4 is 11.6 Å². The summed E-state index contributed by atoms with van der Waals surface area (Å²) in [5, 5.41) is -0.109. The van der Waals surface area contributed by atoms with Crippen LogP contribution in [0.1, 0.15) is 42.7 Å². The second-order valence-corrected chi connectivity index (χ2v) is 4.57. The van der Waals surface area contributed by atoms with Crippen LogP contribution in [-0.4, -0.2) is 0 Å². The highest BCUT2D eigenvalue weighted by molar-refractivity contribution is 6.32. The molecule has 1 aromatic carbocycles. The minimum Gasteiger partial charge on any atom is -0.166 e. The summed E-state index contributed by atoms with van der Waals surface area (Å²) in [7, 11) is 0. The highest BCUT2D eigenvalue weighted by atomic mass is 35.5. The lowest BCUT2D eigenvalue weighted by molar-refractivity contribution is -0.137. The van der Waals surface area contributed by atoms with Crippen LogP contribution in [0.4, 0.5) is 13.2 Å². The number of benzene rings is 1. The van der Waals surface area contributed by atoms with E-state index in [1.54, 1.807) is 6.07 Å². The Bertz CT molecular complexity index is 378. The molecule has 0 amide bonds. The number of halogens is 4.